The molecule has 1 atom stereocenters. The number of carbonyl (C=O) groups excluding carboxylic acids is 1. The number of amides is 1. The molecule has 0 radical (unpaired) electrons. The van der Waals surface area contributed by atoms with E-state index in [1.807, 2.05) is 12.1 Å². The van der Waals surface area contributed by atoms with Crippen LogP contribution in [0.4, 0.5) is 0 Å². The van der Waals surface area contributed by atoms with E-state index in [0.29, 0.717) is 6.54 Å². The van der Waals surface area contributed by atoms with Crippen LogP contribution in [0.2, 0.25) is 0 Å². The van der Waals surface area contributed by atoms with Gasteiger partial charge in [0.25, 0.3) is 0 Å². The molecule has 1 unspecified atom stereocenters. The summed E-state index contributed by atoms with van der Waals surface area (Å²) in [5.74, 6) is 0.584. The summed E-state index contributed by atoms with van der Waals surface area (Å²) in [6, 6.07) is 18.8. The van der Waals surface area contributed by atoms with Gasteiger partial charge in [-0.05, 0) is 30.0 Å². The van der Waals surface area contributed by atoms with Crippen molar-refractivity contribution in [2.75, 3.05) is 6.54 Å². The summed E-state index contributed by atoms with van der Waals surface area (Å²) in [6.07, 6.45) is 6.53. The standard InChI is InChI=1S/C22H24N2O/c25-22(17-10-4-5-11-17)24-14-19(16-8-2-1-3-9-16)20-15-23-21-13-7-6-12-18(20)21/h1-3,6-9,12-13,15,17,19,23H,4-5,10-11,14H2,(H,24,25). The molecule has 0 saturated heterocycles. The number of rotatable bonds is 5. The van der Waals surface area contributed by atoms with Crippen molar-refractivity contribution in [3.63, 3.8) is 0 Å². The highest BCUT2D eigenvalue weighted by molar-refractivity contribution is 5.84. The van der Waals surface area contributed by atoms with Gasteiger partial charge < -0.3 is 10.3 Å². The largest absolute Gasteiger partial charge is 0.361 e. The minimum absolute atomic E-state index is 0.155. The molecule has 0 bridgehead atoms. The Morgan fingerprint density at radius 2 is 1.76 bits per heavy atom. The third kappa shape index (κ3) is 3.32. The second-order valence-corrected chi connectivity index (χ2v) is 6.98. The first-order valence-corrected chi connectivity index (χ1v) is 9.21. The molecule has 1 aliphatic carbocycles. The number of aromatic amines is 1. The fourth-order valence-electron chi connectivity index (χ4n) is 4.01. The van der Waals surface area contributed by atoms with Crippen LogP contribution in [-0.2, 0) is 4.79 Å². The van der Waals surface area contributed by atoms with Gasteiger partial charge in [-0.1, -0.05) is 61.4 Å². The Bertz CT molecular complexity index is 847. The predicted molar refractivity (Wildman–Crippen MR) is 102 cm³/mol. The highest BCUT2D eigenvalue weighted by atomic mass is 16.1. The Morgan fingerprint density at radius 1 is 1.04 bits per heavy atom. The van der Waals surface area contributed by atoms with Crippen LogP contribution < -0.4 is 5.32 Å². The molecule has 2 N–H and O–H groups in total. The molecule has 1 fully saturated rings. The molecule has 1 amide bonds. The molecule has 1 saturated carbocycles. The van der Waals surface area contributed by atoms with Crippen LogP contribution in [0.25, 0.3) is 10.9 Å². The van der Waals surface area contributed by atoms with Gasteiger partial charge in [0.05, 0.1) is 0 Å². The number of nitrogens with one attached hydrogen (secondary N) is 2. The molecule has 3 nitrogen and oxygen atoms in total. The zero-order valence-corrected chi connectivity index (χ0v) is 14.4. The second-order valence-electron chi connectivity index (χ2n) is 6.98. The number of hydrogen-bond donors (Lipinski definition) is 2. The van der Waals surface area contributed by atoms with Gasteiger partial charge in [-0.15, -0.1) is 0 Å². The van der Waals surface area contributed by atoms with E-state index in [4.69, 9.17) is 0 Å². The summed E-state index contributed by atoms with van der Waals surface area (Å²) in [6.45, 7) is 0.640. The van der Waals surface area contributed by atoms with Gasteiger partial charge in [-0.3, -0.25) is 4.79 Å². The van der Waals surface area contributed by atoms with Gasteiger partial charge in [0, 0.05) is 35.5 Å². The van der Waals surface area contributed by atoms with E-state index in [9.17, 15) is 4.79 Å². The molecule has 1 aromatic heterocycles. The third-order valence-corrected chi connectivity index (χ3v) is 5.40. The molecular formula is C22H24N2O. The van der Waals surface area contributed by atoms with Crippen molar-refractivity contribution in [2.24, 2.45) is 5.92 Å². The van der Waals surface area contributed by atoms with E-state index in [0.717, 1.165) is 18.4 Å². The first-order chi connectivity index (χ1) is 12.3. The topological polar surface area (TPSA) is 44.9 Å². The molecule has 1 heterocycles. The van der Waals surface area contributed by atoms with E-state index in [-0.39, 0.29) is 17.7 Å². The number of carbonyl (C=O) groups is 1. The van der Waals surface area contributed by atoms with Gasteiger partial charge >= 0.3 is 0 Å². The van der Waals surface area contributed by atoms with Crippen LogP contribution in [0, 0.1) is 5.92 Å². The maximum atomic E-state index is 12.5. The summed E-state index contributed by atoms with van der Waals surface area (Å²) in [4.78, 5) is 15.9. The molecule has 128 valence electrons. The van der Waals surface area contributed by atoms with Crippen molar-refractivity contribution in [1.82, 2.24) is 10.3 Å². The number of H-pyrrole nitrogens is 1. The van der Waals surface area contributed by atoms with Crippen molar-refractivity contribution < 1.29 is 4.79 Å². The molecule has 3 aromatic rings. The molecule has 0 aliphatic heterocycles. The van der Waals surface area contributed by atoms with Crippen molar-refractivity contribution >= 4 is 16.8 Å². The minimum atomic E-state index is 0.155. The molecule has 2 aromatic carbocycles. The summed E-state index contributed by atoms with van der Waals surface area (Å²) in [5, 5.41) is 4.45. The Balaban J connectivity index is 1.62. The van der Waals surface area contributed by atoms with Crippen LogP contribution in [0.3, 0.4) is 0 Å². The van der Waals surface area contributed by atoms with Gasteiger partial charge in [0.1, 0.15) is 0 Å². The Hall–Kier alpha value is -2.55. The van der Waals surface area contributed by atoms with Crippen LogP contribution in [-0.4, -0.2) is 17.4 Å². The zero-order chi connectivity index (χ0) is 17.1. The van der Waals surface area contributed by atoms with Gasteiger partial charge in [-0.2, -0.15) is 0 Å². The third-order valence-electron chi connectivity index (χ3n) is 5.40. The lowest BCUT2D eigenvalue weighted by Gasteiger charge is -2.19. The summed E-state index contributed by atoms with van der Waals surface area (Å²) in [5.41, 5.74) is 3.62. The predicted octanol–water partition coefficient (Wildman–Crippen LogP) is 4.61. The molecular weight excluding hydrogens is 308 g/mol. The van der Waals surface area contributed by atoms with Crippen molar-refractivity contribution in [2.45, 2.75) is 31.6 Å². The maximum absolute atomic E-state index is 12.5. The smallest absolute Gasteiger partial charge is 0.223 e. The van der Waals surface area contributed by atoms with Crippen molar-refractivity contribution in [1.29, 1.82) is 0 Å². The fourth-order valence-corrected chi connectivity index (χ4v) is 4.01. The first kappa shape index (κ1) is 15.9. The highest BCUT2D eigenvalue weighted by Gasteiger charge is 2.24. The Labute approximate surface area is 148 Å². The summed E-state index contributed by atoms with van der Waals surface area (Å²) in [7, 11) is 0. The average Bonchev–Trinajstić information content (AvgIpc) is 3.33. The maximum Gasteiger partial charge on any atom is 0.223 e. The second kappa shape index (κ2) is 7.14. The normalized spacial score (nSPS) is 16.2. The Morgan fingerprint density at radius 3 is 2.56 bits per heavy atom. The molecule has 0 spiro atoms. The minimum Gasteiger partial charge on any atom is -0.361 e. The van der Waals surface area contributed by atoms with E-state index >= 15 is 0 Å². The quantitative estimate of drug-likeness (QED) is 0.704. The number of benzene rings is 2. The van der Waals surface area contributed by atoms with Crippen LogP contribution in [0.5, 0.6) is 0 Å². The molecule has 1 aliphatic rings. The number of hydrogen-bond acceptors (Lipinski definition) is 1. The van der Waals surface area contributed by atoms with E-state index in [1.165, 1.54) is 29.4 Å². The Kier molecular flexibility index (Phi) is 4.55. The van der Waals surface area contributed by atoms with Gasteiger partial charge in [0.15, 0.2) is 0 Å². The van der Waals surface area contributed by atoms with Gasteiger partial charge in [-0.25, -0.2) is 0 Å². The van der Waals surface area contributed by atoms with Crippen LogP contribution >= 0.6 is 0 Å². The van der Waals surface area contributed by atoms with E-state index in [2.05, 4.69) is 59.0 Å². The average molecular weight is 332 g/mol. The number of para-hydroxylation sites is 1. The van der Waals surface area contributed by atoms with Gasteiger partial charge in [0.2, 0.25) is 5.91 Å². The SMILES string of the molecule is O=C(NCC(c1ccccc1)c1c[nH]c2ccccc12)C1CCCC1. The van der Waals surface area contributed by atoms with Crippen molar-refractivity contribution in [3.8, 4) is 0 Å². The summed E-state index contributed by atoms with van der Waals surface area (Å²) >= 11 is 0. The lowest BCUT2D eigenvalue weighted by atomic mass is 9.90. The highest BCUT2D eigenvalue weighted by Crippen LogP contribution is 2.31. The van der Waals surface area contributed by atoms with Crippen molar-refractivity contribution in [3.05, 3.63) is 71.9 Å². The van der Waals surface area contributed by atoms with E-state index in [1.54, 1.807) is 0 Å². The van der Waals surface area contributed by atoms with Crippen LogP contribution in [0.15, 0.2) is 60.8 Å². The van der Waals surface area contributed by atoms with Crippen LogP contribution in [0.1, 0.15) is 42.7 Å². The molecule has 25 heavy (non-hydrogen) atoms. The summed E-state index contributed by atoms with van der Waals surface area (Å²) < 4.78 is 0. The lowest BCUT2D eigenvalue weighted by molar-refractivity contribution is -0.124. The molecule has 3 heteroatoms. The number of fused-ring (bicyclic) bond motifs is 1. The fraction of sp³-hybridized carbons (Fsp3) is 0.318. The van der Waals surface area contributed by atoms with E-state index < -0.39 is 0 Å². The zero-order valence-electron chi connectivity index (χ0n) is 14.4. The number of aromatic nitrogens is 1. The molecule has 4 rings (SSSR count). The monoisotopic (exact) mass is 332 g/mol. The first-order valence-electron chi connectivity index (χ1n) is 9.21. The lowest BCUT2D eigenvalue weighted by Crippen LogP contribution is -2.33.